The van der Waals surface area contributed by atoms with Crippen LogP contribution in [0.25, 0.3) is 0 Å². The van der Waals surface area contributed by atoms with E-state index in [1.54, 1.807) is 6.21 Å². The Morgan fingerprint density at radius 2 is 1.45 bits per heavy atom. The molecule has 0 saturated heterocycles. The molecule has 146 valence electrons. The first-order valence-corrected chi connectivity index (χ1v) is 10.5. The smallest absolute Gasteiger partial charge is 0.244 e. The third kappa shape index (κ3) is 4.03. The third-order valence-corrected chi connectivity index (χ3v) is 6.20. The summed E-state index contributed by atoms with van der Waals surface area (Å²) in [5.41, 5.74) is 8.20. The molecule has 0 heterocycles. The summed E-state index contributed by atoms with van der Waals surface area (Å²) in [5, 5.41) is 4.17. The standard InChI is InChI=1S/C25H23BrN2O/c1-17-3-9-20(10-4-17)25(21-11-5-18(2)6-12-21)15-23(25)24(29)28-27-16-19-7-13-22(26)14-8-19/h3-14,16,23H,15H2,1-2H3,(H,28,29). The minimum Gasteiger partial charge on any atom is -0.273 e. The number of hydrogen-bond acceptors (Lipinski definition) is 2. The van der Waals surface area contributed by atoms with Crippen LogP contribution in [0.15, 0.2) is 82.4 Å². The number of benzene rings is 3. The minimum atomic E-state index is -0.279. The molecule has 3 aromatic rings. The number of aryl methyl sites for hydroxylation is 2. The van der Waals surface area contributed by atoms with Gasteiger partial charge in [-0.05, 0) is 49.1 Å². The lowest BCUT2D eigenvalue weighted by Gasteiger charge is -2.19. The van der Waals surface area contributed by atoms with Gasteiger partial charge < -0.3 is 0 Å². The molecule has 1 amide bonds. The molecule has 0 aromatic heterocycles. The van der Waals surface area contributed by atoms with E-state index in [1.807, 2.05) is 24.3 Å². The van der Waals surface area contributed by atoms with Crippen molar-refractivity contribution in [3.05, 3.63) is 105 Å². The van der Waals surface area contributed by atoms with E-state index in [4.69, 9.17) is 0 Å². The minimum absolute atomic E-state index is 0.0421. The van der Waals surface area contributed by atoms with Crippen molar-refractivity contribution in [2.75, 3.05) is 0 Å². The van der Waals surface area contributed by atoms with Gasteiger partial charge in [0.1, 0.15) is 0 Å². The fourth-order valence-corrected chi connectivity index (χ4v) is 4.15. The highest BCUT2D eigenvalue weighted by atomic mass is 79.9. The number of carbonyl (C=O) groups excluding carboxylic acids is 1. The summed E-state index contributed by atoms with van der Waals surface area (Å²) in [7, 11) is 0. The molecule has 1 unspecified atom stereocenters. The predicted octanol–water partition coefficient (Wildman–Crippen LogP) is 5.52. The maximum absolute atomic E-state index is 12.9. The average Bonchev–Trinajstić information content (AvgIpc) is 3.47. The van der Waals surface area contributed by atoms with Gasteiger partial charge in [-0.3, -0.25) is 4.79 Å². The van der Waals surface area contributed by atoms with E-state index >= 15 is 0 Å². The summed E-state index contributed by atoms with van der Waals surface area (Å²) in [5.74, 6) is -0.172. The molecule has 3 nitrogen and oxygen atoms in total. The van der Waals surface area contributed by atoms with Gasteiger partial charge in [0, 0.05) is 9.89 Å². The Morgan fingerprint density at radius 1 is 0.931 bits per heavy atom. The predicted molar refractivity (Wildman–Crippen MR) is 121 cm³/mol. The van der Waals surface area contributed by atoms with Gasteiger partial charge in [0.2, 0.25) is 5.91 Å². The number of amides is 1. The SMILES string of the molecule is Cc1ccc(C2(c3ccc(C)cc3)CC2C(=O)NN=Cc2ccc(Br)cc2)cc1. The lowest BCUT2D eigenvalue weighted by Crippen LogP contribution is -2.25. The molecule has 0 radical (unpaired) electrons. The summed E-state index contributed by atoms with van der Waals surface area (Å²) in [6.45, 7) is 4.16. The van der Waals surface area contributed by atoms with Gasteiger partial charge in [-0.1, -0.05) is 87.7 Å². The highest BCUT2D eigenvalue weighted by molar-refractivity contribution is 9.10. The zero-order valence-electron chi connectivity index (χ0n) is 16.5. The van der Waals surface area contributed by atoms with E-state index in [0.29, 0.717) is 0 Å². The van der Waals surface area contributed by atoms with E-state index in [1.165, 1.54) is 22.3 Å². The molecule has 1 N–H and O–H groups in total. The highest BCUT2D eigenvalue weighted by Gasteiger charge is 2.60. The van der Waals surface area contributed by atoms with Crippen molar-refractivity contribution in [2.24, 2.45) is 11.0 Å². The molecule has 1 aliphatic carbocycles. The second-order valence-electron chi connectivity index (χ2n) is 7.75. The van der Waals surface area contributed by atoms with Crippen molar-refractivity contribution in [1.82, 2.24) is 5.43 Å². The van der Waals surface area contributed by atoms with Crippen molar-refractivity contribution < 1.29 is 4.79 Å². The molecule has 0 aliphatic heterocycles. The van der Waals surface area contributed by atoms with Crippen LogP contribution in [0, 0.1) is 19.8 Å². The summed E-state index contributed by atoms with van der Waals surface area (Å²) in [4.78, 5) is 12.9. The van der Waals surface area contributed by atoms with Crippen LogP contribution in [0.4, 0.5) is 0 Å². The first kappa shape index (κ1) is 19.6. The Hall–Kier alpha value is -2.72. The fraction of sp³-hybridized carbons (Fsp3) is 0.200. The molecule has 0 spiro atoms. The van der Waals surface area contributed by atoms with E-state index in [9.17, 15) is 4.79 Å². The Balaban J connectivity index is 1.56. The number of carbonyl (C=O) groups is 1. The van der Waals surface area contributed by atoms with Gasteiger partial charge in [-0.2, -0.15) is 5.10 Å². The van der Waals surface area contributed by atoms with Crippen LogP contribution in [-0.2, 0) is 10.2 Å². The molecule has 1 saturated carbocycles. The molecule has 1 atom stereocenters. The van der Waals surface area contributed by atoms with Gasteiger partial charge in [-0.25, -0.2) is 5.43 Å². The number of halogens is 1. The lowest BCUT2D eigenvalue weighted by molar-refractivity contribution is -0.122. The molecule has 1 fully saturated rings. The van der Waals surface area contributed by atoms with Crippen LogP contribution < -0.4 is 5.43 Å². The Morgan fingerprint density at radius 3 is 1.97 bits per heavy atom. The highest BCUT2D eigenvalue weighted by Crippen LogP contribution is 2.59. The summed E-state index contributed by atoms with van der Waals surface area (Å²) in [6.07, 6.45) is 2.46. The zero-order valence-corrected chi connectivity index (χ0v) is 18.1. The van der Waals surface area contributed by atoms with Gasteiger partial charge in [0.15, 0.2) is 0 Å². The molecular weight excluding hydrogens is 424 g/mol. The number of rotatable bonds is 5. The second-order valence-corrected chi connectivity index (χ2v) is 8.66. The molecule has 4 rings (SSSR count). The number of nitrogens with zero attached hydrogens (tertiary/aromatic N) is 1. The fourth-order valence-electron chi connectivity index (χ4n) is 3.88. The number of nitrogens with one attached hydrogen (secondary N) is 1. The number of hydrazone groups is 1. The van der Waals surface area contributed by atoms with Crippen LogP contribution in [-0.4, -0.2) is 12.1 Å². The van der Waals surface area contributed by atoms with Crippen LogP contribution in [0.5, 0.6) is 0 Å². The molecule has 29 heavy (non-hydrogen) atoms. The summed E-state index contributed by atoms with van der Waals surface area (Å²) >= 11 is 3.42. The van der Waals surface area contributed by atoms with Gasteiger partial charge in [0.25, 0.3) is 0 Å². The van der Waals surface area contributed by atoms with Crippen molar-refractivity contribution in [3.8, 4) is 0 Å². The zero-order chi connectivity index (χ0) is 20.4. The molecule has 4 heteroatoms. The largest absolute Gasteiger partial charge is 0.273 e. The monoisotopic (exact) mass is 446 g/mol. The maximum Gasteiger partial charge on any atom is 0.244 e. The third-order valence-electron chi connectivity index (χ3n) is 5.67. The Kier molecular flexibility index (Phi) is 5.37. The first-order chi connectivity index (χ1) is 14.0. The van der Waals surface area contributed by atoms with E-state index in [-0.39, 0.29) is 17.2 Å². The van der Waals surface area contributed by atoms with E-state index in [0.717, 1.165) is 16.5 Å². The Bertz CT molecular complexity index is 992. The maximum atomic E-state index is 12.9. The molecule has 0 bridgehead atoms. The molecular formula is C25H23BrN2O. The lowest BCUT2D eigenvalue weighted by atomic mass is 9.85. The Labute approximate surface area is 180 Å². The second kappa shape index (κ2) is 7.96. The van der Waals surface area contributed by atoms with Crippen molar-refractivity contribution in [1.29, 1.82) is 0 Å². The van der Waals surface area contributed by atoms with Gasteiger partial charge in [0.05, 0.1) is 12.1 Å². The first-order valence-electron chi connectivity index (χ1n) is 9.72. The molecule has 3 aromatic carbocycles. The van der Waals surface area contributed by atoms with Crippen molar-refractivity contribution in [2.45, 2.75) is 25.7 Å². The normalized spacial score (nSPS) is 17.3. The van der Waals surface area contributed by atoms with Crippen LogP contribution in [0.3, 0.4) is 0 Å². The number of hydrogen-bond donors (Lipinski definition) is 1. The summed E-state index contributed by atoms with van der Waals surface area (Å²) in [6, 6.07) is 24.8. The summed E-state index contributed by atoms with van der Waals surface area (Å²) < 4.78 is 1.01. The van der Waals surface area contributed by atoms with E-state index < -0.39 is 0 Å². The molecule has 1 aliphatic rings. The van der Waals surface area contributed by atoms with E-state index in [2.05, 4.69) is 88.8 Å². The quantitative estimate of drug-likeness (QED) is 0.406. The van der Waals surface area contributed by atoms with Gasteiger partial charge in [-0.15, -0.1) is 0 Å². The van der Waals surface area contributed by atoms with Crippen LogP contribution in [0.1, 0.15) is 34.2 Å². The average molecular weight is 447 g/mol. The van der Waals surface area contributed by atoms with Crippen LogP contribution in [0.2, 0.25) is 0 Å². The van der Waals surface area contributed by atoms with Gasteiger partial charge >= 0.3 is 0 Å². The van der Waals surface area contributed by atoms with Crippen molar-refractivity contribution in [3.63, 3.8) is 0 Å². The van der Waals surface area contributed by atoms with Crippen LogP contribution >= 0.6 is 15.9 Å². The van der Waals surface area contributed by atoms with Crippen molar-refractivity contribution >= 4 is 28.1 Å². The topological polar surface area (TPSA) is 41.5 Å².